The number of carbonyl (C=O) groups is 1. The van der Waals surface area contributed by atoms with Crippen LogP contribution in [-0.4, -0.2) is 54.9 Å². The van der Waals surface area contributed by atoms with Gasteiger partial charge in [0.05, 0.1) is 33.0 Å². The molecule has 0 spiro atoms. The smallest absolute Gasteiger partial charge is 0.258 e. The van der Waals surface area contributed by atoms with Crippen molar-refractivity contribution in [3.63, 3.8) is 0 Å². The minimum Gasteiger partial charge on any atom is -0.505 e. The summed E-state index contributed by atoms with van der Waals surface area (Å²) in [6.07, 6.45) is 5.49. The number of carbonyl (C=O) groups excluding carboxylic acids is 1. The lowest BCUT2D eigenvalue weighted by Crippen LogP contribution is -2.42. The third-order valence-corrected chi connectivity index (χ3v) is 15.1. The predicted octanol–water partition coefficient (Wildman–Crippen LogP) is 8.08. The quantitative estimate of drug-likeness (QED) is 0.0377. The fourth-order valence-corrected chi connectivity index (χ4v) is 10.4. The molecule has 1 fully saturated rings. The van der Waals surface area contributed by atoms with E-state index in [0.29, 0.717) is 17.5 Å². The lowest BCUT2D eigenvalue weighted by Gasteiger charge is -2.33. The van der Waals surface area contributed by atoms with Crippen molar-refractivity contribution < 1.29 is 23.4 Å². The molecule has 18 heteroatoms. The van der Waals surface area contributed by atoms with Crippen LogP contribution in [0.1, 0.15) is 85.5 Å². The van der Waals surface area contributed by atoms with Crippen LogP contribution in [0.2, 0.25) is 10.0 Å². The number of nitrogens with zero attached hydrogens (tertiary/aromatic N) is 2. The van der Waals surface area contributed by atoms with E-state index in [0.717, 1.165) is 42.0 Å². The number of rotatable bonds is 17. The van der Waals surface area contributed by atoms with Crippen LogP contribution < -0.4 is 43.0 Å². The molecule has 346 valence electrons. The van der Waals surface area contributed by atoms with Crippen LogP contribution in [0.25, 0.3) is 0 Å². The summed E-state index contributed by atoms with van der Waals surface area (Å²) in [6, 6.07) is 21.7. The molecule has 0 radical (unpaired) electrons. The van der Waals surface area contributed by atoms with Gasteiger partial charge in [0.15, 0.2) is 11.5 Å². The average Bonchev–Trinajstić information content (AvgIpc) is 3.31. The zero-order valence-corrected chi connectivity index (χ0v) is 39.2. The van der Waals surface area contributed by atoms with E-state index in [1.54, 1.807) is 31.2 Å². The van der Waals surface area contributed by atoms with Crippen molar-refractivity contribution in [2.24, 2.45) is 5.92 Å². The number of hydrogen-bond donors (Lipinski definition) is 6. The zero-order valence-electron chi connectivity index (χ0n) is 36.9. The minimum atomic E-state index is -4.53. The second kappa shape index (κ2) is 19.0. The molecule has 1 aliphatic carbocycles. The Bertz CT molecular complexity index is 3090. The first kappa shape index (κ1) is 47.8. The van der Waals surface area contributed by atoms with Crippen LogP contribution in [0.5, 0.6) is 11.5 Å². The molecule has 2 atom stereocenters. The third-order valence-electron chi connectivity index (χ3n) is 12.5. The molecule has 1 unspecified atom stereocenters. The number of amides is 1. The molecule has 0 bridgehead atoms. The Labute approximate surface area is 391 Å². The number of halogens is 2. The maximum absolute atomic E-state index is 14.2. The third kappa shape index (κ3) is 9.02. The molecular weight excluding hydrogens is 908 g/mol. The van der Waals surface area contributed by atoms with Gasteiger partial charge in [0.1, 0.15) is 33.2 Å². The van der Waals surface area contributed by atoms with E-state index in [-0.39, 0.29) is 68.2 Å². The van der Waals surface area contributed by atoms with Crippen LogP contribution in [-0.2, 0) is 22.1 Å². The van der Waals surface area contributed by atoms with Crippen LogP contribution in [0.4, 0.5) is 34.1 Å². The van der Waals surface area contributed by atoms with Gasteiger partial charge in [0, 0.05) is 27.7 Å². The summed E-state index contributed by atoms with van der Waals surface area (Å²) in [4.78, 5) is 65.3. The molecule has 0 aromatic heterocycles. The highest BCUT2D eigenvalue weighted by molar-refractivity contribution is 7.89. The molecular formula is C48H50Cl2N6O9S. The first-order valence-electron chi connectivity index (χ1n) is 21.4. The number of hydrogen-bond acceptors (Lipinski definition) is 13. The number of phenols is 2. The molecule has 6 N–H and O–H groups in total. The summed E-state index contributed by atoms with van der Waals surface area (Å²) < 4.78 is 29.5. The first-order chi connectivity index (χ1) is 31.3. The summed E-state index contributed by atoms with van der Waals surface area (Å²) in [5.74, 6) is -1.62. The zero-order chi connectivity index (χ0) is 47.8. The van der Waals surface area contributed by atoms with Crippen molar-refractivity contribution in [3.05, 3.63) is 152 Å². The van der Waals surface area contributed by atoms with E-state index >= 15 is 0 Å². The lowest BCUT2D eigenvalue weighted by molar-refractivity contribution is 0.0825. The van der Waals surface area contributed by atoms with E-state index in [4.69, 9.17) is 23.2 Å². The Morgan fingerprint density at radius 1 is 0.758 bits per heavy atom. The van der Waals surface area contributed by atoms with Crippen LogP contribution in [0, 0.1) is 5.92 Å². The first-order valence-corrected chi connectivity index (χ1v) is 23.6. The topological polar surface area (TPSA) is 215 Å². The Kier molecular flexibility index (Phi) is 13.7. The molecule has 1 aliphatic rings. The summed E-state index contributed by atoms with van der Waals surface area (Å²) in [5.41, 5.74) is -2.69. The molecule has 0 heterocycles. The molecule has 7 rings (SSSR count). The second-order valence-corrected chi connectivity index (χ2v) is 19.9. The Hall–Kier alpha value is -6.20. The van der Waals surface area contributed by atoms with Crippen molar-refractivity contribution in [2.45, 2.75) is 75.4 Å². The van der Waals surface area contributed by atoms with Crippen molar-refractivity contribution >= 4 is 73.3 Å². The molecule has 6 aromatic rings. The Morgan fingerprint density at radius 2 is 1.33 bits per heavy atom. The number of nitrogens with one attached hydrogen (secondary N) is 4. The normalized spacial score (nSPS) is 14.8. The van der Waals surface area contributed by atoms with Gasteiger partial charge in [0.2, 0.25) is 10.0 Å². The fraction of sp³-hybridized carbons (Fsp3) is 0.312. The monoisotopic (exact) mass is 956 g/mol. The molecule has 1 saturated carbocycles. The van der Waals surface area contributed by atoms with Gasteiger partial charge in [-0.05, 0) is 73.1 Å². The molecule has 0 aliphatic heterocycles. The van der Waals surface area contributed by atoms with Gasteiger partial charge in [-0.1, -0.05) is 104 Å². The number of anilines is 6. The maximum Gasteiger partial charge on any atom is 0.258 e. The van der Waals surface area contributed by atoms with Gasteiger partial charge in [-0.15, -0.1) is 0 Å². The van der Waals surface area contributed by atoms with E-state index < -0.39 is 59.6 Å². The molecule has 6 aromatic carbocycles. The number of aromatic hydroxyl groups is 2. The minimum absolute atomic E-state index is 0.00967. The van der Waals surface area contributed by atoms with Crippen LogP contribution >= 0.6 is 23.2 Å². The molecule has 0 saturated heterocycles. The largest absolute Gasteiger partial charge is 0.505 e. The van der Waals surface area contributed by atoms with Crippen molar-refractivity contribution in [1.29, 1.82) is 0 Å². The second-order valence-electron chi connectivity index (χ2n) is 17.1. The Morgan fingerprint density at radius 3 is 1.95 bits per heavy atom. The Balaban J connectivity index is 1.11. The summed E-state index contributed by atoms with van der Waals surface area (Å²) >= 11 is 12.7. The van der Waals surface area contributed by atoms with Crippen LogP contribution in [0.3, 0.4) is 0 Å². The lowest BCUT2D eigenvalue weighted by atomic mass is 9.81. The number of sulfonamides is 1. The van der Waals surface area contributed by atoms with E-state index in [2.05, 4.69) is 21.3 Å². The van der Waals surface area contributed by atoms with E-state index in [9.17, 15) is 42.6 Å². The highest BCUT2D eigenvalue weighted by Gasteiger charge is 2.35. The SMILES string of the molecule is CCC(C)(Nc1c(Nc2ccc(Cl)c(C(=O)N(C)C)c2O)c(=O)c1=O)c1cccc(CN(C)S(=O)(=O)c2c(Cl)ccc(Nc3c(N[C@@H](c4ccccc4)C4CCCCC4)c(=O)c3=O)c2O)c1. The summed E-state index contributed by atoms with van der Waals surface area (Å²) in [6.45, 7) is 3.45. The fourth-order valence-electron chi connectivity index (χ4n) is 8.44. The van der Waals surface area contributed by atoms with Crippen molar-refractivity contribution in [2.75, 3.05) is 42.4 Å². The number of benzene rings is 4. The van der Waals surface area contributed by atoms with Gasteiger partial charge in [-0.25, -0.2) is 8.42 Å². The van der Waals surface area contributed by atoms with Gasteiger partial charge < -0.3 is 36.4 Å². The van der Waals surface area contributed by atoms with Gasteiger partial charge in [-0.2, -0.15) is 4.31 Å². The van der Waals surface area contributed by atoms with Crippen molar-refractivity contribution in [1.82, 2.24) is 9.21 Å². The summed E-state index contributed by atoms with van der Waals surface area (Å²) in [7, 11) is -0.238. The predicted molar refractivity (Wildman–Crippen MR) is 259 cm³/mol. The highest BCUT2D eigenvalue weighted by Crippen LogP contribution is 2.43. The summed E-state index contributed by atoms with van der Waals surface area (Å²) in [5, 5.41) is 34.3. The van der Waals surface area contributed by atoms with Gasteiger partial charge in [0.25, 0.3) is 27.6 Å². The van der Waals surface area contributed by atoms with Crippen LogP contribution in [0.15, 0.2) is 103 Å². The van der Waals surface area contributed by atoms with Crippen molar-refractivity contribution in [3.8, 4) is 11.5 Å². The standard InChI is InChI=1S/C48H50Cl2N6O9S/c1-6-48(2,54-39-38(44(61)45(39)62)51-32-22-20-30(49)34(40(32)57)47(63)55(3)4)29-19-13-14-26(24-29)25-56(5)66(64,65)46-31(50)21-23-33(41(46)58)52-36-37(43(60)42(36)59)53-35(27-15-9-7-10-16-27)28-17-11-8-12-18-28/h7,9-10,13-16,19-24,28,35,51-54,57-58H,6,8,11-12,17-18,25H2,1-5H3/t35-,48?/m0/s1. The average molecular weight is 958 g/mol. The highest BCUT2D eigenvalue weighted by atomic mass is 35.5. The number of phenolic OH excluding ortho intramolecular Hbond substituents is 2. The van der Waals surface area contributed by atoms with E-state index in [1.807, 2.05) is 37.3 Å². The van der Waals surface area contributed by atoms with E-state index in [1.165, 1.54) is 50.3 Å². The van der Waals surface area contributed by atoms with Gasteiger partial charge in [-0.3, -0.25) is 24.0 Å². The molecule has 1 amide bonds. The van der Waals surface area contributed by atoms with Gasteiger partial charge >= 0.3 is 0 Å². The maximum atomic E-state index is 14.2. The molecule has 15 nitrogen and oxygen atoms in total. The molecule has 66 heavy (non-hydrogen) atoms.